The van der Waals surface area contributed by atoms with Crippen LogP contribution in [0.15, 0.2) is 6.20 Å². The van der Waals surface area contributed by atoms with Gasteiger partial charge in [-0.25, -0.2) is 28.3 Å². The van der Waals surface area contributed by atoms with Gasteiger partial charge in [-0.15, -0.1) is 0 Å². The van der Waals surface area contributed by atoms with Crippen LogP contribution in [-0.2, 0) is 9.47 Å². The molecular weight excluding hydrogens is 360 g/mol. The largest absolute Gasteiger partial charge is 0.461 e. The maximum absolute atomic E-state index is 14.9. The Bertz CT molecular complexity index is 719. The van der Waals surface area contributed by atoms with Gasteiger partial charge in [-0.05, 0) is 41.0 Å². The summed E-state index contributed by atoms with van der Waals surface area (Å²) in [6.45, 7) is 7.58. The molecule has 1 aliphatic heterocycles. The van der Waals surface area contributed by atoms with Crippen LogP contribution in [0.5, 0.6) is 0 Å². The maximum atomic E-state index is 14.9. The van der Waals surface area contributed by atoms with Gasteiger partial charge in [-0.3, -0.25) is 0 Å². The number of rotatable bonds is 3. The Kier molecular flexibility index (Phi) is 6.01. The Morgan fingerprint density at radius 2 is 2.04 bits per heavy atom. The Hall–Kier alpha value is -2.32. The molecule has 0 radical (unpaired) electrons. The van der Waals surface area contributed by atoms with E-state index in [1.165, 1.54) is 6.20 Å². The fourth-order valence-corrected chi connectivity index (χ4v) is 2.90. The normalized spacial score (nSPS) is 19.5. The van der Waals surface area contributed by atoms with Crippen LogP contribution in [0.2, 0.25) is 0 Å². The first kappa shape index (κ1) is 21.0. The molecule has 1 aromatic heterocycles. The highest BCUT2D eigenvalue weighted by Crippen LogP contribution is 2.41. The number of aryl methyl sites for hydroxylation is 1. The highest BCUT2D eigenvalue weighted by atomic mass is 19.3. The predicted octanol–water partition coefficient (Wildman–Crippen LogP) is 3.32. The van der Waals surface area contributed by atoms with Crippen molar-refractivity contribution in [3.05, 3.63) is 23.3 Å². The van der Waals surface area contributed by atoms with E-state index in [0.29, 0.717) is 0 Å². The molecule has 2 heterocycles. The molecule has 1 atom stereocenters. The number of hydrogen-bond donors (Lipinski definition) is 0. The molecule has 150 valence electrons. The van der Waals surface area contributed by atoms with Crippen molar-refractivity contribution in [1.82, 2.24) is 14.9 Å². The molecule has 1 fully saturated rings. The molecule has 2 rings (SSSR count). The predicted molar refractivity (Wildman–Crippen MR) is 92.8 cm³/mol. The maximum Gasteiger partial charge on any atom is 0.410 e. The van der Waals surface area contributed by atoms with Crippen LogP contribution >= 0.6 is 0 Å². The van der Waals surface area contributed by atoms with Crippen molar-refractivity contribution in [3.8, 4) is 0 Å². The minimum atomic E-state index is -3.27. The molecule has 0 N–H and O–H groups in total. The van der Waals surface area contributed by atoms with Gasteiger partial charge < -0.3 is 14.4 Å². The van der Waals surface area contributed by atoms with Crippen LogP contribution in [0.1, 0.15) is 61.9 Å². The number of carbonyl (C=O) groups is 2. The molecule has 1 amide bonds. The van der Waals surface area contributed by atoms with E-state index < -0.39 is 36.0 Å². The summed E-state index contributed by atoms with van der Waals surface area (Å²) in [6.07, 6.45) is 0.410. The number of esters is 1. The van der Waals surface area contributed by atoms with Crippen LogP contribution in [0.4, 0.5) is 13.6 Å². The van der Waals surface area contributed by atoms with Gasteiger partial charge in [0.15, 0.2) is 5.69 Å². The lowest BCUT2D eigenvalue weighted by Gasteiger charge is -2.39. The van der Waals surface area contributed by atoms with E-state index in [2.05, 4.69) is 9.97 Å². The fourth-order valence-electron chi connectivity index (χ4n) is 2.90. The number of likely N-dealkylation sites (tertiary alicyclic amines) is 1. The third-order valence-corrected chi connectivity index (χ3v) is 4.03. The van der Waals surface area contributed by atoms with Crippen molar-refractivity contribution in [1.29, 1.82) is 0 Å². The number of carbonyl (C=O) groups excluding carboxylic acids is 2. The van der Waals surface area contributed by atoms with Gasteiger partial charge in [0.05, 0.1) is 19.1 Å². The quantitative estimate of drug-likeness (QED) is 0.743. The van der Waals surface area contributed by atoms with Crippen LogP contribution in [0.3, 0.4) is 0 Å². The molecule has 1 aliphatic rings. The van der Waals surface area contributed by atoms with Crippen molar-refractivity contribution in [3.63, 3.8) is 0 Å². The van der Waals surface area contributed by atoms with E-state index in [1.807, 2.05) is 0 Å². The monoisotopic (exact) mass is 385 g/mol. The number of aromatic nitrogens is 2. The summed E-state index contributed by atoms with van der Waals surface area (Å²) in [4.78, 5) is 33.2. The summed E-state index contributed by atoms with van der Waals surface area (Å²) in [6, 6.07) is 0. The zero-order valence-electron chi connectivity index (χ0n) is 16.2. The Morgan fingerprint density at radius 1 is 1.37 bits per heavy atom. The molecule has 27 heavy (non-hydrogen) atoms. The molecule has 1 unspecified atom stereocenters. The summed E-state index contributed by atoms with van der Waals surface area (Å²) in [5.41, 5.74) is -0.891. The molecule has 0 aliphatic carbocycles. The summed E-state index contributed by atoms with van der Waals surface area (Å²) in [5.74, 6) is -5.04. The molecule has 1 aromatic rings. The molecule has 0 spiro atoms. The van der Waals surface area contributed by atoms with E-state index in [4.69, 9.17) is 9.47 Å². The molecule has 9 heteroatoms. The van der Waals surface area contributed by atoms with Crippen LogP contribution in [-0.4, -0.2) is 58.2 Å². The molecule has 0 bridgehead atoms. The van der Waals surface area contributed by atoms with Crippen LogP contribution < -0.4 is 0 Å². The minimum absolute atomic E-state index is 0.0351. The van der Waals surface area contributed by atoms with E-state index in [0.717, 1.165) is 4.90 Å². The number of nitrogens with zero attached hydrogens (tertiary/aromatic N) is 3. The van der Waals surface area contributed by atoms with Crippen molar-refractivity contribution in [2.75, 3.05) is 19.7 Å². The molecule has 1 saturated heterocycles. The average molecular weight is 385 g/mol. The zero-order valence-corrected chi connectivity index (χ0v) is 16.2. The summed E-state index contributed by atoms with van der Waals surface area (Å²) < 4.78 is 39.9. The topological polar surface area (TPSA) is 81.6 Å². The van der Waals surface area contributed by atoms with Crippen molar-refractivity contribution < 1.29 is 27.8 Å². The van der Waals surface area contributed by atoms with Crippen LogP contribution in [0.25, 0.3) is 0 Å². The van der Waals surface area contributed by atoms with Gasteiger partial charge in [0, 0.05) is 18.3 Å². The van der Waals surface area contributed by atoms with E-state index in [9.17, 15) is 18.4 Å². The van der Waals surface area contributed by atoms with Gasteiger partial charge in [0.2, 0.25) is 0 Å². The first-order chi connectivity index (χ1) is 12.4. The second kappa shape index (κ2) is 7.74. The fraction of sp³-hybridized carbons (Fsp3) is 0.667. The Labute approximate surface area is 157 Å². The Morgan fingerprint density at radius 3 is 2.59 bits per heavy atom. The number of hydrogen-bond acceptors (Lipinski definition) is 6. The van der Waals surface area contributed by atoms with Gasteiger partial charge in [0.25, 0.3) is 5.92 Å². The van der Waals surface area contributed by atoms with E-state index in [-0.39, 0.29) is 36.7 Å². The highest BCUT2D eigenvalue weighted by molar-refractivity contribution is 5.89. The number of piperidine rings is 1. The number of ether oxygens (including phenoxy) is 2. The first-order valence-corrected chi connectivity index (χ1v) is 8.81. The third kappa shape index (κ3) is 5.11. The van der Waals surface area contributed by atoms with Crippen LogP contribution in [0, 0.1) is 6.92 Å². The summed E-state index contributed by atoms with van der Waals surface area (Å²) in [5, 5.41) is 0. The third-order valence-electron chi connectivity index (χ3n) is 4.03. The minimum Gasteiger partial charge on any atom is -0.461 e. The van der Waals surface area contributed by atoms with Crippen molar-refractivity contribution in [2.24, 2.45) is 0 Å². The second-order valence-corrected chi connectivity index (χ2v) is 7.45. The number of halogens is 2. The van der Waals surface area contributed by atoms with Gasteiger partial charge in [-0.2, -0.15) is 0 Å². The molecular formula is C18H25F2N3O4. The summed E-state index contributed by atoms with van der Waals surface area (Å²) in [7, 11) is 0. The smallest absolute Gasteiger partial charge is 0.410 e. The van der Waals surface area contributed by atoms with Gasteiger partial charge >= 0.3 is 12.1 Å². The van der Waals surface area contributed by atoms with Crippen molar-refractivity contribution in [2.45, 2.75) is 58.5 Å². The molecule has 0 aromatic carbocycles. The SMILES string of the molecule is CCOC(=O)c1nc(C)ncc1C1CCN(C(=O)OC(C)(C)C)CC1(F)F. The first-order valence-electron chi connectivity index (χ1n) is 8.81. The standard InChI is InChI=1S/C18H25F2N3O4/c1-6-26-15(24)14-12(9-21-11(2)22-14)13-7-8-23(10-18(13,19)20)16(25)27-17(3,4)5/h9,13H,6-8,10H2,1-5H3. The lowest BCUT2D eigenvalue weighted by molar-refractivity contribution is -0.0852. The molecule has 7 nitrogen and oxygen atoms in total. The van der Waals surface area contributed by atoms with E-state index >= 15 is 0 Å². The van der Waals surface area contributed by atoms with E-state index in [1.54, 1.807) is 34.6 Å². The number of amides is 1. The van der Waals surface area contributed by atoms with Crippen molar-refractivity contribution >= 4 is 12.1 Å². The Balaban J connectivity index is 2.27. The van der Waals surface area contributed by atoms with Gasteiger partial charge in [-0.1, -0.05) is 0 Å². The lowest BCUT2D eigenvalue weighted by Crippen LogP contribution is -2.51. The number of alkyl halides is 2. The molecule has 0 saturated carbocycles. The summed E-state index contributed by atoms with van der Waals surface area (Å²) >= 11 is 0. The van der Waals surface area contributed by atoms with Gasteiger partial charge in [0.1, 0.15) is 11.4 Å². The average Bonchev–Trinajstić information content (AvgIpc) is 2.53. The zero-order chi connectivity index (χ0) is 20.4. The second-order valence-electron chi connectivity index (χ2n) is 7.45. The lowest BCUT2D eigenvalue weighted by atomic mass is 9.86. The highest BCUT2D eigenvalue weighted by Gasteiger charge is 2.49.